The largest absolute Gasteiger partial charge is 0.341 e. The zero-order chi connectivity index (χ0) is 10.3. The van der Waals surface area contributed by atoms with Gasteiger partial charge in [-0.05, 0) is 12.3 Å². The van der Waals surface area contributed by atoms with Gasteiger partial charge in [-0.3, -0.25) is 0 Å². The Hall–Kier alpha value is -0.730. The van der Waals surface area contributed by atoms with E-state index in [2.05, 4.69) is 12.2 Å². The SMILES string of the molecule is CC.CCCC1CN(C(=O)NC)C1.[HH]. The van der Waals surface area contributed by atoms with Crippen LogP contribution in [0.1, 0.15) is 35.0 Å². The minimum absolute atomic E-state index is 0. The number of nitrogens with zero attached hydrogens (tertiary/aromatic N) is 1. The van der Waals surface area contributed by atoms with E-state index in [0.717, 1.165) is 19.0 Å². The molecule has 3 heteroatoms. The van der Waals surface area contributed by atoms with Gasteiger partial charge in [-0.2, -0.15) is 0 Å². The van der Waals surface area contributed by atoms with Gasteiger partial charge in [-0.25, -0.2) is 4.79 Å². The lowest BCUT2D eigenvalue weighted by molar-refractivity contribution is 0.117. The maximum absolute atomic E-state index is 11.0. The molecule has 1 aliphatic rings. The van der Waals surface area contributed by atoms with Crippen LogP contribution in [-0.2, 0) is 0 Å². The van der Waals surface area contributed by atoms with Crippen molar-refractivity contribution in [2.45, 2.75) is 33.6 Å². The van der Waals surface area contributed by atoms with Crippen molar-refractivity contribution in [2.24, 2.45) is 5.92 Å². The number of hydrogen-bond acceptors (Lipinski definition) is 1. The Morgan fingerprint density at radius 1 is 1.54 bits per heavy atom. The summed E-state index contributed by atoms with van der Waals surface area (Å²) in [4.78, 5) is 12.8. The maximum Gasteiger partial charge on any atom is 0.317 e. The molecule has 0 radical (unpaired) electrons. The Kier molecular flexibility index (Phi) is 6.37. The third-order valence-electron chi connectivity index (χ3n) is 2.16. The predicted octanol–water partition coefficient (Wildman–Crippen LogP) is 2.33. The lowest BCUT2D eigenvalue weighted by Crippen LogP contribution is -2.52. The molecule has 0 atom stereocenters. The average Bonchev–Trinajstić information content (AvgIpc) is 2.13. The van der Waals surface area contributed by atoms with E-state index in [1.54, 1.807) is 7.05 Å². The number of carbonyl (C=O) groups excluding carboxylic acids is 1. The Morgan fingerprint density at radius 3 is 2.46 bits per heavy atom. The van der Waals surface area contributed by atoms with Crippen molar-refractivity contribution < 1.29 is 6.22 Å². The highest BCUT2D eigenvalue weighted by Gasteiger charge is 2.28. The molecular weight excluding hydrogens is 164 g/mol. The molecule has 1 rings (SSSR count). The fourth-order valence-electron chi connectivity index (χ4n) is 1.48. The lowest BCUT2D eigenvalue weighted by atomic mass is 9.96. The zero-order valence-corrected chi connectivity index (χ0v) is 9.26. The van der Waals surface area contributed by atoms with Gasteiger partial charge in [-0.1, -0.05) is 27.2 Å². The predicted molar refractivity (Wildman–Crippen MR) is 57.9 cm³/mol. The molecule has 0 spiro atoms. The van der Waals surface area contributed by atoms with Crippen LogP contribution >= 0.6 is 0 Å². The molecule has 0 bridgehead atoms. The molecule has 0 aliphatic carbocycles. The molecule has 0 aromatic heterocycles. The quantitative estimate of drug-likeness (QED) is 0.708. The van der Waals surface area contributed by atoms with Gasteiger partial charge in [-0.15, -0.1) is 0 Å². The zero-order valence-electron chi connectivity index (χ0n) is 9.26. The van der Waals surface area contributed by atoms with Crippen LogP contribution in [0, 0.1) is 5.92 Å². The summed E-state index contributed by atoms with van der Waals surface area (Å²) in [7, 11) is 1.68. The molecule has 80 valence electrons. The summed E-state index contributed by atoms with van der Waals surface area (Å²) in [6.45, 7) is 8.09. The van der Waals surface area contributed by atoms with E-state index in [1.165, 1.54) is 12.8 Å². The van der Waals surface area contributed by atoms with Gasteiger partial charge in [0.2, 0.25) is 0 Å². The number of likely N-dealkylation sites (tertiary alicyclic amines) is 1. The fraction of sp³-hybridized carbons (Fsp3) is 0.900. The first-order valence-electron chi connectivity index (χ1n) is 5.24. The normalized spacial score (nSPS) is 15.5. The van der Waals surface area contributed by atoms with Crippen LogP contribution in [0.5, 0.6) is 0 Å². The summed E-state index contributed by atoms with van der Waals surface area (Å²) >= 11 is 0. The Morgan fingerprint density at radius 2 is 2.08 bits per heavy atom. The highest BCUT2D eigenvalue weighted by Crippen LogP contribution is 2.19. The first-order chi connectivity index (χ1) is 6.27. The standard InChI is InChI=1S/C8H16N2O.C2H6.H2/c1-3-4-7-5-10(6-7)8(11)9-2;1-2;/h7H,3-6H2,1-2H3,(H,9,11);1-2H3;1H. The number of rotatable bonds is 2. The molecule has 13 heavy (non-hydrogen) atoms. The molecule has 0 saturated carbocycles. The molecule has 0 aromatic rings. The first kappa shape index (κ1) is 12.3. The molecule has 0 aromatic carbocycles. The molecule has 0 unspecified atom stereocenters. The van der Waals surface area contributed by atoms with Gasteiger partial charge in [0.25, 0.3) is 0 Å². The van der Waals surface area contributed by atoms with Crippen molar-refractivity contribution in [3.8, 4) is 0 Å². The van der Waals surface area contributed by atoms with Gasteiger partial charge in [0.15, 0.2) is 0 Å². The van der Waals surface area contributed by atoms with E-state index < -0.39 is 0 Å². The second-order valence-electron chi connectivity index (χ2n) is 3.11. The lowest BCUT2D eigenvalue weighted by Gasteiger charge is -2.38. The van der Waals surface area contributed by atoms with E-state index in [9.17, 15) is 4.79 Å². The van der Waals surface area contributed by atoms with Crippen molar-refractivity contribution in [1.29, 1.82) is 0 Å². The fourth-order valence-corrected chi connectivity index (χ4v) is 1.48. The number of nitrogens with one attached hydrogen (secondary N) is 1. The van der Waals surface area contributed by atoms with Crippen LogP contribution < -0.4 is 5.32 Å². The van der Waals surface area contributed by atoms with Gasteiger partial charge < -0.3 is 10.2 Å². The molecule has 1 fully saturated rings. The number of amides is 2. The van der Waals surface area contributed by atoms with E-state index in [0.29, 0.717) is 0 Å². The summed E-state index contributed by atoms with van der Waals surface area (Å²) in [6.07, 6.45) is 2.49. The minimum Gasteiger partial charge on any atom is -0.341 e. The monoisotopic (exact) mass is 188 g/mol. The van der Waals surface area contributed by atoms with Gasteiger partial charge in [0, 0.05) is 21.6 Å². The highest BCUT2D eigenvalue weighted by molar-refractivity contribution is 5.74. The van der Waals surface area contributed by atoms with Crippen LogP contribution in [-0.4, -0.2) is 31.1 Å². The van der Waals surface area contributed by atoms with Crippen molar-refractivity contribution in [1.82, 2.24) is 10.2 Å². The molecule has 1 heterocycles. The van der Waals surface area contributed by atoms with Crippen molar-refractivity contribution in [2.75, 3.05) is 20.1 Å². The van der Waals surface area contributed by atoms with Crippen LogP contribution in [0.25, 0.3) is 0 Å². The van der Waals surface area contributed by atoms with Crippen molar-refractivity contribution in [3.05, 3.63) is 0 Å². The van der Waals surface area contributed by atoms with E-state index in [-0.39, 0.29) is 7.46 Å². The average molecular weight is 188 g/mol. The van der Waals surface area contributed by atoms with E-state index >= 15 is 0 Å². The Balaban J connectivity index is 0. The molecule has 3 nitrogen and oxygen atoms in total. The maximum atomic E-state index is 11.0. The smallest absolute Gasteiger partial charge is 0.317 e. The first-order valence-corrected chi connectivity index (χ1v) is 5.24. The Labute approximate surface area is 83.0 Å². The van der Waals surface area contributed by atoms with Crippen LogP contribution in [0.15, 0.2) is 0 Å². The molecule has 2 amide bonds. The minimum atomic E-state index is 0. The second kappa shape index (κ2) is 6.75. The van der Waals surface area contributed by atoms with Crippen molar-refractivity contribution >= 4 is 6.03 Å². The van der Waals surface area contributed by atoms with Crippen LogP contribution in [0.2, 0.25) is 0 Å². The number of urea groups is 1. The van der Waals surface area contributed by atoms with Crippen molar-refractivity contribution in [3.63, 3.8) is 0 Å². The molecule has 1 aliphatic heterocycles. The topological polar surface area (TPSA) is 32.3 Å². The third kappa shape index (κ3) is 3.66. The number of carbonyl (C=O) groups is 1. The summed E-state index contributed by atoms with van der Waals surface area (Å²) in [6, 6.07) is 0.0670. The van der Waals surface area contributed by atoms with Crippen LogP contribution in [0.4, 0.5) is 4.79 Å². The number of hydrogen-bond donors (Lipinski definition) is 1. The van der Waals surface area contributed by atoms with E-state index in [4.69, 9.17) is 0 Å². The van der Waals surface area contributed by atoms with E-state index in [1.807, 2.05) is 18.7 Å². The highest BCUT2D eigenvalue weighted by atomic mass is 16.2. The molecule has 1 saturated heterocycles. The van der Waals surface area contributed by atoms with Gasteiger partial charge >= 0.3 is 6.03 Å². The molecule has 1 N–H and O–H groups in total. The third-order valence-corrected chi connectivity index (χ3v) is 2.16. The summed E-state index contributed by atoms with van der Waals surface area (Å²) in [5, 5.41) is 2.62. The van der Waals surface area contributed by atoms with Crippen LogP contribution in [0.3, 0.4) is 0 Å². The van der Waals surface area contributed by atoms with Gasteiger partial charge in [0.1, 0.15) is 0 Å². The summed E-state index contributed by atoms with van der Waals surface area (Å²) < 4.78 is 0. The molecular formula is C10H24N2O. The summed E-state index contributed by atoms with van der Waals surface area (Å²) in [5.41, 5.74) is 0. The summed E-state index contributed by atoms with van der Waals surface area (Å²) in [5.74, 6) is 0.761. The van der Waals surface area contributed by atoms with Gasteiger partial charge in [0.05, 0.1) is 0 Å². The second-order valence-corrected chi connectivity index (χ2v) is 3.11. The Bertz CT molecular complexity index is 147.